The van der Waals surface area contributed by atoms with Crippen molar-refractivity contribution in [3.63, 3.8) is 0 Å². The van der Waals surface area contributed by atoms with E-state index in [1.165, 1.54) is 18.2 Å². The minimum Gasteiger partial charge on any atom is -0.378 e. The van der Waals surface area contributed by atoms with Crippen LogP contribution in [0.15, 0.2) is 56.3 Å². The smallest absolute Gasteiger partial charge is 0.340 e. The van der Waals surface area contributed by atoms with Crippen molar-refractivity contribution in [1.82, 2.24) is 0 Å². The molecule has 2 aromatic carbocycles. The number of hydrogen-bond donors (Lipinski definition) is 1. The zero-order valence-electron chi connectivity index (χ0n) is 10.4. The lowest BCUT2D eigenvalue weighted by Crippen LogP contribution is -2.16. The summed E-state index contributed by atoms with van der Waals surface area (Å²) in [5, 5.41) is 0. The molecule has 0 aliphatic carbocycles. The first kappa shape index (κ1) is 16.0. The summed E-state index contributed by atoms with van der Waals surface area (Å²) in [4.78, 5) is 11.2. The van der Waals surface area contributed by atoms with E-state index in [9.17, 15) is 13.2 Å². The number of nitrogens with two attached hydrogens (primary N) is 1. The van der Waals surface area contributed by atoms with Gasteiger partial charge in [0, 0.05) is 8.95 Å². The number of carbonyl (C=O) groups excluding carboxylic acids is 1. The fourth-order valence-electron chi connectivity index (χ4n) is 1.57. The van der Waals surface area contributed by atoms with E-state index >= 15 is 0 Å². The highest BCUT2D eigenvalue weighted by molar-refractivity contribution is 9.11. The van der Waals surface area contributed by atoms with Gasteiger partial charge < -0.3 is 9.92 Å². The Hall–Kier alpha value is -1.38. The highest BCUT2D eigenvalue weighted by Gasteiger charge is 2.22. The van der Waals surface area contributed by atoms with E-state index in [4.69, 9.17) is 9.92 Å². The van der Waals surface area contributed by atoms with Gasteiger partial charge in [0.15, 0.2) is 5.75 Å². The Morgan fingerprint density at radius 3 is 2.43 bits per heavy atom. The molecule has 0 aromatic heterocycles. The second-order valence-corrected chi connectivity index (χ2v) is 7.26. The molecule has 2 rings (SSSR count). The zero-order chi connectivity index (χ0) is 15.6. The quantitative estimate of drug-likeness (QED) is 0.749. The van der Waals surface area contributed by atoms with Gasteiger partial charge in [-0.15, -0.1) is 0 Å². The summed E-state index contributed by atoms with van der Waals surface area (Å²) in [6, 6.07) is 10.5. The average Bonchev–Trinajstić information content (AvgIpc) is 2.41. The Balaban J connectivity index is 2.48. The normalized spacial score (nSPS) is 11.1. The van der Waals surface area contributed by atoms with Gasteiger partial charge in [0.05, 0.1) is 5.56 Å². The molecule has 0 saturated carbocycles. The summed E-state index contributed by atoms with van der Waals surface area (Å²) in [6.07, 6.45) is 0. The fourth-order valence-corrected chi connectivity index (χ4v) is 3.98. The third-order valence-electron chi connectivity index (χ3n) is 2.51. The first-order valence-electron chi connectivity index (χ1n) is 5.59. The van der Waals surface area contributed by atoms with Crippen LogP contribution >= 0.6 is 31.9 Å². The third-order valence-corrected chi connectivity index (χ3v) is 5.24. The van der Waals surface area contributed by atoms with Gasteiger partial charge in [-0.25, -0.2) is 0 Å². The summed E-state index contributed by atoms with van der Waals surface area (Å²) in [6.45, 7) is 0. The van der Waals surface area contributed by atoms with Gasteiger partial charge in [-0.2, -0.15) is 8.42 Å². The van der Waals surface area contributed by atoms with Crippen LogP contribution in [-0.4, -0.2) is 14.3 Å². The third kappa shape index (κ3) is 3.63. The van der Waals surface area contributed by atoms with E-state index in [1.54, 1.807) is 24.3 Å². The lowest BCUT2D eigenvalue weighted by Gasteiger charge is -2.11. The Labute approximate surface area is 138 Å². The molecule has 0 fully saturated rings. The largest absolute Gasteiger partial charge is 0.378 e. The molecule has 0 atom stereocenters. The number of para-hydroxylation sites is 1. The minimum absolute atomic E-state index is 0.00723. The molecule has 8 heteroatoms. The second kappa shape index (κ2) is 6.17. The SMILES string of the molecule is NC(=O)c1ccccc1OS(=O)(=O)c1cc(Br)ccc1Br. The van der Waals surface area contributed by atoms with Crippen LogP contribution in [0.5, 0.6) is 5.75 Å². The monoisotopic (exact) mass is 433 g/mol. The van der Waals surface area contributed by atoms with Gasteiger partial charge in [0.1, 0.15) is 4.90 Å². The van der Waals surface area contributed by atoms with Gasteiger partial charge in [0.2, 0.25) is 0 Å². The minimum atomic E-state index is -4.11. The van der Waals surface area contributed by atoms with Crippen LogP contribution in [-0.2, 0) is 10.1 Å². The molecular weight excluding hydrogens is 426 g/mol. The van der Waals surface area contributed by atoms with Crippen molar-refractivity contribution in [2.24, 2.45) is 5.73 Å². The summed E-state index contributed by atoms with van der Waals surface area (Å²) in [5.74, 6) is -0.883. The van der Waals surface area contributed by atoms with Crippen molar-refractivity contribution in [1.29, 1.82) is 0 Å². The Morgan fingerprint density at radius 1 is 1.10 bits per heavy atom. The molecular formula is C13H9Br2NO4S. The molecule has 1 amide bonds. The molecule has 21 heavy (non-hydrogen) atoms. The van der Waals surface area contributed by atoms with Gasteiger partial charge in [-0.1, -0.05) is 28.1 Å². The number of rotatable bonds is 4. The maximum absolute atomic E-state index is 12.3. The molecule has 5 nitrogen and oxygen atoms in total. The maximum Gasteiger partial charge on any atom is 0.340 e. The van der Waals surface area contributed by atoms with Gasteiger partial charge >= 0.3 is 10.1 Å². The molecule has 0 aliphatic heterocycles. The number of benzene rings is 2. The summed E-state index contributed by atoms with van der Waals surface area (Å²) in [5.41, 5.74) is 5.19. The van der Waals surface area contributed by atoms with Crippen molar-refractivity contribution in [3.05, 3.63) is 57.0 Å². The van der Waals surface area contributed by atoms with Gasteiger partial charge in [0.25, 0.3) is 5.91 Å². The van der Waals surface area contributed by atoms with Crippen LogP contribution in [0.4, 0.5) is 0 Å². The predicted molar refractivity (Wildman–Crippen MR) is 84.6 cm³/mol. The van der Waals surface area contributed by atoms with Crippen LogP contribution in [0, 0.1) is 0 Å². The first-order chi connectivity index (χ1) is 9.81. The van der Waals surface area contributed by atoms with Crippen LogP contribution < -0.4 is 9.92 Å². The van der Waals surface area contributed by atoms with Crippen LogP contribution in [0.25, 0.3) is 0 Å². The van der Waals surface area contributed by atoms with Gasteiger partial charge in [-0.05, 0) is 46.3 Å². The predicted octanol–water partition coefficient (Wildman–Crippen LogP) is 3.08. The standard InChI is InChI=1S/C13H9Br2NO4S/c14-8-5-6-10(15)12(7-8)21(18,19)20-11-4-2-1-3-9(11)13(16)17/h1-7H,(H2,16,17). The molecule has 0 heterocycles. The Kier molecular flexibility index (Phi) is 4.70. The summed E-state index contributed by atoms with van der Waals surface area (Å²) >= 11 is 6.35. The van der Waals surface area contributed by atoms with Crippen molar-refractivity contribution in [2.45, 2.75) is 4.90 Å². The van der Waals surface area contributed by atoms with Crippen molar-refractivity contribution in [3.8, 4) is 5.75 Å². The number of halogens is 2. The first-order valence-corrected chi connectivity index (χ1v) is 8.59. The van der Waals surface area contributed by atoms with Crippen LogP contribution in [0.3, 0.4) is 0 Å². The van der Waals surface area contributed by atoms with E-state index in [0.29, 0.717) is 8.95 Å². The molecule has 0 unspecified atom stereocenters. The van der Waals surface area contributed by atoms with E-state index in [0.717, 1.165) is 0 Å². The van der Waals surface area contributed by atoms with Crippen molar-refractivity contribution < 1.29 is 17.4 Å². The lowest BCUT2D eigenvalue weighted by molar-refractivity contribution is 0.0999. The molecule has 110 valence electrons. The number of hydrogen-bond acceptors (Lipinski definition) is 4. The molecule has 2 N–H and O–H groups in total. The fraction of sp³-hybridized carbons (Fsp3) is 0. The molecule has 2 aromatic rings. The molecule has 0 spiro atoms. The van der Waals surface area contributed by atoms with Crippen LogP contribution in [0.1, 0.15) is 10.4 Å². The molecule has 0 bridgehead atoms. The van der Waals surface area contributed by atoms with Crippen molar-refractivity contribution >= 4 is 47.9 Å². The Bertz CT molecular complexity index is 806. The van der Waals surface area contributed by atoms with E-state index < -0.39 is 16.0 Å². The maximum atomic E-state index is 12.3. The molecule has 0 aliphatic rings. The number of carbonyl (C=O) groups is 1. The van der Waals surface area contributed by atoms with Crippen molar-refractivity contribution in [2.75, 3.05) is 0 Å². The highest BCUT2D eigenvalue weighted by Crippen LogP contribution is 2.29. The topological polar surface area (TPSA) is 86.5 Å². The van der Waals surface area contributed by atoms with E-state index in [2.05, 4.69) is 31.9 Å². The lowest BCUT2D eigenvalue weighted by atomic mass is 10.2. The van der Waals surface area contributed by atoms with Gasteiger partial charge in [-0.3, -0.25) is 4.79 Å². The Morgan fingerprint density at radius 2 is 1.76 bits per heavy atom. The summed E-state index contributed by atoms with van der Waals surface area (Å²) in [7, 11) is -4.11. The molecule has 0 radical (unpaired) electrons. The average molecular weight is 435 g/mol. The number of amides is 1. The number of primary amides is 1. The highest BCUT2D eigenvalue weighted by atomic mass is 79.9. The molecule has 0 saturated heterocycles. The second-order valence-electron chi connectivity index (χ2n) is 3.97. The van der Waals surface area contributed by atoms with Crippen LogP contribution in [0.2, 0.25) is 0 Å². The zero-order valence-corrected chi connectivity index (χ0v) is 14.4. The van der Waals surface area contributed by atoms with E-state index in [-0.39, 0.29) is 16.2 Å². The van der Waals surface area contributed by atoms with E-state index in [1.807, 2.05) is 0 Å². The summed E-state index contributed by atoms with van der Waals surface area (Å²) < 4.78 is 30.6.